The summed E-state index contributed by atoms with van der Waals surface area (Å²) in [5, 5.41) is 4.54. The first kappa shape index (κ1) is 16.7. The van der Waals surface area contributed by atoms with Crippen LogP contribution in [0.2, 0.25) is 0 Å². The standard InChI is InChI=1S/C17H19N5O3/c1-21(15(23)9-13-16(24)20-17(25)19-13)11-14-18-7-8-22(14)10-12-5-3-2-4-6-12/h2-8,13H,9-11H2,1H3,(H2,19,20,24,25). The minimum absolute atomic E-state index is 0.0759. The Labute approximate surface area is 144 Å². The third kappa shape index (κ3) is 4.03. The quantitative estimate of drug-likeness (QED) is 0.747. The highest BCUT2D eigenvalue weighted by molar-refractivity contribution is 6.05. The highest BCUT2D eigenvalue weighted by Crippen LogP contribution is 2.09. The Morgan fingerprint density at radius 1 is 1.28 bits per heavy atom. The van der Waals surface area contributed by atoms with Gasteiger partial charge in [0.15, 0.2) is 0 Å². The lowest BCUT2D eigenvalue weighted by Crippen LogP contribution is -2.37. The Bertz CT molecular complexity index is 787. The third-order valence-electron chi connectivity index (χ3n) is 4.04. The van der Waals surface area contributed by atoms with Crippen molar-refractivity contribution in [3.63, 3.8) is 0 Å². The number of benzene rings is 1. The van der Waals surface area contributed by atoms with Gasteiger partial charge in [-0.25, -0.2) is 9.78 Å². The molecule has 3 rings (SSSR count). The van der Waals surface area contributed by atoms with Crippen molar-refractivity contribution in [3.8, 4) is 0 Å². The van der Waals surface area contributed by atoms with Gasteiger partial charge >= 0.3 is 6.03 Å². The number of amides is 4. The number of aromatic nitrogens is 2. The summed E-state index contributed by atoms with van der Waals surface area (Å²) in [7, 11) is 1.65. The molecular formula is C17H19N5O3. The summed E-state index contributed by atoms with van der Waals surface area (Å²) >= 11 is 0. The van der Waals surface area contributed by atoms with Crippen molar-refractivity contribution in [1.82, 2.24) is 25.1 Å². The zero-order chi connectivity index (χ0) is 17.8. The van der Waals surface area contributed by atoms with Crippen molar-refractivity contribution in [1.29, 1.82) is 0 Å². The largest absolute Gasteiger partial charge is 0.338 e. The fourth-order valence-corrected chi connectivity index (χ4v) is 2.65. The van der Waals surface area contributed by atoms with E-state index in [1.54, 1.807) is 13.2 Å². The summed E-state index contributed by atoms with van der Waals surface area (Å²) in [6.45, 7) is 0.986. The van der Waals surface area contributed by atoms with Crippen molar-refractivity contribution in [3.05, 3.63) is 54.1 Å². The summed E-state index contributed by atoms with van der Waals surface area (Å²) in [6, 6.07) is 8.59. The van der Waals surface area contributed by atoms with E-state index in [1.807, 2.05) is 41.1 Å². The molecule has 8 nitrogen and oxygen atoms in total. The summed E-state index contributed by atoms with van der Waals surface area (Å²) in [4.78, 5) is 40.8. The maximum Gasteiger partial charge on any atom is 0.322 e. The summed E-state index contributed by atoms with van der Waals surface area (Å²) in [5.41, 5.74) is 1.14. The molecule has 130 valence electrons. The van der Waals surface area contributed by atoms with Gasteiger partial charge in [-0.05, 0) is 5.56 Å². The van der Waals surface area contributed by atoms with Crippen molar-refractivity contribution < 1.29 is 14.4 Å². The maximum absolute atomic E-state index is 12.3. The minimum Gasteiger partial charge on any atom is -0.338 e. The van der Waals surface area contributed by atoms with Crippen LogP contribution in [0.4, 0.5) is 4.79 Å². The van der Waals surface area contributed by atoms with E-state index >= 15 is 0 Å². The Balaban J connectivity index is 1.60. The number of carbonyl (C=O) groups is 3. The van der Waals surface area contributed by atoms with Crippen LogP contribution < -0.4 is 10.6 Å². The number of urea groups is 1. The van der Waals surface area contributed by atoms with Gasteiger partial charge in [0, 0.05) is 26.0 Å². The van der Waals surface area contributed by atoms with E-state index in [-0.39, 0.29) is 12.3 Å². The van der Waals surface area contributed by atoms with Gasteiger partial charge in [0.25, 0.3) is 5.91 Å². The first-order valence-corrected chi connectivity index (χ1v) is 7.92. The molecule has 0 aliphatic carbocycles. The minimum atomic E-state index is -0.813. The van der Waals surface area contributed by atoms with Gasteiger partial charge in [0.1, 0.15) is 11.9 Å². The van der Waals surface area contributed by atoms with Gasteiger partial charge in [0.2, 0.25) is 5.91 Å². The molecule has 2 heterocycles. The van der Waals surface area contributed by atoms with Crippen LogP contribution in [0, 0.1) is 0 Å². The average Bonchev–Trinajstić information content (AvgIpc) is 3.14. The first-order chi connectivity index (χ1) is 12.0. The molecule has 1 saturated heterocycles. The molecule has 1 aromatic carbocycles. The van der Waals surface area contributed by atoms with Crippen molar-refractivity contribution >= 4 is 17.8 Å². The molecule has 0 radical (unpaired) electrons. The lowest BCUT2D eigenvalue weighted by Gasteiger charge is -2.19. The lowest BCUT2D eigenvalue weighted by molar-refractivity contribution is -0.133. The maximum atomic E-state index is 12.3. The molecule has 1 aromatic heterocycles. The van der Waals surface area contributed by atoms with Crippen molar-refractivity contribution in [2.75, 3.05) is 7.05 Å². The van der Waals surface area contributed by atoms with Crippen molar-refractivity contribution in [2.24, 2.45) is 0 Å². The van der Waals surface area contributed by atoms with E-state index in [9.17, 15) is 14.4 Å². The number of hydrogen-bond acceptors (Lipinski definition) is 4. The molecule has 1 aliphatic heterocycles. The number of hydrogen-bond donors (Lipinski definition) is 2. The highest BCUT2D eigenvalue weighted by Gasteiger charge is 2.32. The predicted octanol–water partition coefficient (Wildman–Crippen LogP) is 0.488. The molecule has 8 heteroatoms. The second-order valence-corrected chi connectivity index (χ2v) is 5.93. The average molecular weight is 341 g/mol. The molecule has 1 unspecified atom stereocenters. The van der Waals surface area contributed by atoms with Gasteiger partial charge in [-0.1, -0.05) is 30.3 Å². The zero-order valence-corrected chi connectivity index (χ0v) is 13.8. The normalized spacial score (nSPS) is 16.4. The molecule has 0 bridgehead atoms. The number of nitrogens with one attached hydrogen (secondary N) is 2. The number of rotatable bonds is 6. The summed E-state index contributed by atoms with van der Waals surface area (Å²) < 4.78 is 1.98. The Hall–Kier alpha value is -3.16. The molecule has 0 spiro atoms. The topological polar surface area (TPSA) is 96.3 Å². The van der Waals surface area contributed by atoms with Crippen LogP contribution in [0.3, 0.4) is 0 Å². The van der Waals surface area contributed by atoms with Gasteiger partial charge in [-0.15, -0.1) is 0 Å². The fourth-order valence-electron chi connectivity index (χ4n) is 2.65. The second kappa shape index (κ2) is 7.16. The number of imide groups is 1. The fraction of sp³-hybridized carbons (Fsp3) is 0.294. The van der Waals surface area contributed by atoms with E-state index < -0.39 is 18.0 Å². The van der Waals surface area contributed by atoms with Gasteiger partial charge in [-0.2, -0.15) is 0 Å². The predicted molar refractivity (Wildman–Crippen MR) is 89.3 cm³/mol. The van der Waals surface area contributed by atoms with Crippen LogP contribution in [0.15, 0.2) is 42.7 Å². The molecule has 0 saturated carbocycles. The Morgan fingerprint density at radius 3 is 2.72 bits per heavy atom. The second-order valence-electron chi connectivity index (χ2n) is 5.93. The number of carbonyl (C=O) groups excluding carboxylic acids is 3. The summed E-state index contributed by atoms with van der Waals surface area (Å²) in [5.74, 6) is 0.0357. The molecule has 1 atom stereocenters. The molecule has 1 fully saturated rings. The van der Waals surface area contributed by atoms with Crippen molar-refractivity contribution in [2.45, 2.75) is 25.6 Å². The van der Waals surface area contributed by atoms with Gasteiger partial charge in [-0.3, -0.25) is 14.9 Å². The molecule has 4 amide bonds. The molecule has 2 N–H and O–H groups in total. The Morgan fingerprint density at radius 2 is 2.04 bits per heavy atom. The van der Waals surface area contributed by atoms with Crippen LogP contribution in [0.25, 0.3) is 0 Å². The number of nitrogens with zero attached hydrogens (tertiary/aromatic N) is 3. The smallest absolute Gasteiger partial charge is 0.322 e. The molecule has 1 aliphatic rings. The molecule has 2 aromatic rings. The summed E-state index contributed by atoms with van der Waals surface area (Å²) in [6.07, 6.45) is 3.49. The van der Waals surface area contributed by atoms with E-state index in [4.69, 9.17) is 0 Å². The van der Waals surface area contributed by atoms with Crippen LogP contribution in [0.1, 0.15) is 17.8 Å². The van der Waals surface area contributed by atoms with Crippen LogP contribution in [-0.2, 0) is 22.7 Å². The third-order valence-corrected chi connectivity index (χ3v) is 4.04. The zero-order valence-electron chi connectivity index (χ0n) is 13.8. The van der Waals surface area contributed by atoms with E-state index in [0.29, 0.717) is 13.1 Å². The lowest BCUT2D eigenvalue weighted by atomic mass is 10.2. The van der Waals surface area contributed by atoms with E-state index in [1.165, 1.54) is 4.90 Å². The number of imidazole rings is 1. The molecule has 25 heavy (non-hydrogen) atoms. The van der Waals surface area contributed by atoms with E-state index in [0.717, 1.165) is 11.4 Å². The SMILES string of the molecule is CN(Cc1nccn1Cc1ccccc1)C(=O)CC1NC(=O)NC1=O. The van der Waals surface area contributed by atoms with Crippen LogP contribution in [0.5, 0.6) is 0 Å². The van der Waals surface area contributed by atoms with Gasteiger partial charge in [0.05, 0.1) is 13.0 Å². The molecular weight excluding hydrogens is 322 g/mol. The van der Waals surface area contributed by atoms with E-state index in [2.05, 4.69) is 15.6 Å². The van der Waals surface area contributed by atoms with Crippen LogP contribution >= 0.6 is 0 Å². The monoisotopic (exact) mass is 341 g/mol. The Kier molecular flexibility index (Phi) is 4.78. The highest BCUT2D eigenvalue weighted by atomic mass is 16.2. The van der Waals surface area contributed by atoms with Crippen LogP contribution in [-0.4, -0.2) is 45.4 Å². The first-order valence-electron chi connectivity index (χ1n) is 7.92. The van der Waals surface area contributed by atoms with Gasteiger partial charge < -0.3 is 14.8 Å².